The number of carbonyl (C=O) groups is 2. The van der Waals surface area contributed by atoms with E-state index in [4.69, 9.17) is 48.3 Å². The van der Waals surface area contributed by atoms with Crippen molar-refractivity contribution < 1.29 is 56.7 Å². The summed E-state index contributed by atoms with van der Waals surface area (Å²) in [5, 5.41) is 5.26. The molecule has 0 aromatic carbocycles. The second-order valence-electron chi connectivity index (χ2n) is 10.8. The van der Waals surface area contributed by atoms with Crippen LogP contribution in [0.25, 0.3) is 0 Å². The lowest BCUT2D eigenvalue weighted by Gasteiger charge is -2.22. The van der Waals surface area contributed by atoms with Crippen molar-refractivity contribution in [2.75, 3.05) is 90.6 Å². The maximum absolute atomic E-state index is 11.9. The van der Waals surface area contributed by atoms with Gasteiger partial charge in [0.25, 0.3) is 0 Å². The minimum Gasteiger partial charge on any atom is -0.450 e. The third-order valence-electron chi connectivity index (χ3n) is 6.29. The Morgan fingerprint density at radius 2 is 1.73 bits per heavy atom. The van der Waals surface area contributed by atoms with Gasteiger partial charge in [-0.15, -0.1) is 0 Å². The zero-order chi connectivity index (χ0) is 36.0. The van der Waals surface area contributed by atoms with Gasteiger partial charge >= 0.3 is 20.4 Å². The fraction of sp³-hybridized carbons (Fsp3) is 0.857. The molecule has 15 nitrogen and oxygen atoms in total. The van der Waals surface area contributed by atoms with Gasteiger partial charge in [0.1, 0.15) is 18.0 Å². The highest BCUT2D eigenvalue weighted by atomic mass is 33.1. The van der Waals surface area contributed by atoms with E-state index in [1.165, 1.54) is 0 Å². The van der Waals surface area contributed by atoms with Gasteiger partial charge in [0, 0.05) is 30.4 Å². The van der Waals surface area contributed by atoms with Crippen molar-refractivity contribution in [3.63, 3.8) is 0 Å². The van der Waals surface area contributed by atoms with E-state index in [0.29, 0.717) is 91.2 Å². The van der Waals surface area contributed by atoms with E-state index in [1.54, 1.807) is 43.2 Å². The van der Waals surface area contributed by atoms with E-state index in [2.05, 4.69) is 36.2 Å². The summed E-state index contributed by atoms with van der Waals surface area (Å²) >= 11 is 0. The molecule has 0 spiro atoms. The van der Waals surface area contributed by atoms with Crippen molar-refractivity contribution >= 4 is 70.9 Å². The fourth-order valence-electron chi connectivity index (χ4n) is 3.85. The highest BCUT2D eigenvalue weighted by Crippen LogP contribution is 2.38. The van der Waals surface area contributed by atoms with E-state index in [-0.39, 0.29) is 36.6 Å². The molecule has 1 saturated heterocycles. The molecule has 1 heterocycles. The van der Waals surface area contributed by atoms with Crippen LogP contribution in [0.15, 0.2) is 0 Å². The number of ether oxygens (including phenoxy) is 7. The first-order valence-electron chi connectivity index (χ1n) is 16.0. The van der Waals surface area contributed by atoms with Gasteiger partial charge in [-0.2, -0.15) is 5.82 Å². The number of hydrogen-bond donors (Lipinski definition) is 4. The lowest BCUT2D eigenvalue weighted by molar-refractivity contribution is -0.0193. The average Bonchev–Trinajstić information content (AvgIpc) is 3.45. The van der Waals surface area contributed by atoms with Gasteiger partial charge in [0.2, 0.25) is 7.28 Å². The molecular formula is C28H53BN3O12PS4. The summed E-state index contributed by atoms with van der Waals surface area (Å²) in [6.07, 6.45) is 2.98. The molecule has 0 aromatic heterocycles. The quantitative estimate of drug-likeness (QED) is 0.0215. The largest absolute Gasteiger partial charge is 0.450 e. The summed E-state index contributed by atoms with van der Waals surface area (Å²) in [4.78, 5) is 32.7. The van der Waals surface area contributed by atoms with Crippen LogP contribution in [0.3, 0.4) is 0 Å². The zero-order valence-electron chi connectivity index (χ0n) is 28.6. The van der Waals surface area contributed by atoms with Crippen LogP contribution < -0.4 is 16.4 Å². The van der Waals surface area contributed by atoms with E-state index in [9.17, 15) is 14.2 Å². The summed E-state index contributed by atoms with van der Waals surface area (Å²) in [7, 11) is 3.80. The Morgan fingerprint density at radius 1 is 1.00 bits per heavy atom. The molecule has 21 heteroatoms. The number of nitrogens with two attached hydrogens (primary N) is 1. The predicted octanol–water partition coefficient (Wildman–Crippen LogP) is 3.00. The molecule has 1 rings (SSSR count). The van der Waals surface area contributed by atoms with E-state index in [1.807, 2.05) is 6.26 Å². The average molecular weight is 794 g/mol. The molecule has 1 fully saturated rings. The Bertz CT molecular complexity index is 973. The van der Waals surface area contributed by atoms with Gasteiger partial charge in [-0.1, -0.05) is 49.1 Å². The van der Waals surface area contributed by atoms with Crippen LogP contribution in [0.2, 0.25) is 0 Å². The molecule has 0 aliphatic carbocycles. The van der Waals surface area contributed by atoms with Crippen molar-refractivity contribution in [1.82, 2.24) is 10.6 Å². The van der Waals surface area contributed by atoms with Gasteiger partial charge in [-0.3, -0.25) is 4.57 Å². The van der Waals surface area contributed by atoms with Gasteiger partial charge in [0.15, 0.2) is 0 Å². The molecule has 2 unspecified atom stereocenters. The number of rotatable bonds is 29. The Balaban J connectivity index is 2.01. The SMILES string of the molecule is CSSCOC1C[C@H](BC#CCNC(=O)OCCCCOCSSC(C)(C)CCOC(=O)NCCOCCOCCN)O[C@@H]1CO[PH](=O)O. The summed E-state index contributed by atoms with van der Waals surface area (Å²) in [5.41, 5.74) is 5.33. The number of unbranched alkanes of at least 4 members (excludes halogenated alkanes) is 1. The van der Waals surface area contributed by atoms with Crippen LogP contribution in [0, 0.1) is 11.7 Å². The molecule has 0 radical (unpaired) electrons. The van der Waals surface area contributed by atoms with E-state index in [0.717, 1.165) is 6.42 Å². The molecule has 0 aromatic rings. The second-order valence-corrected chi connectivity index (χ2v) is 17.1. The van der Waals surface area contributed by atoms with Gasteiger partial charge in [-0.25, -0.2) is 9.59 Å². The van der Waals surface area contributed by atoms with E-state index < -0.39 is 26.5 Å². The third-order valence-corrected chi connectivity index (χ3v) is 11.2. The number of amides is 2. The molecule has 284 valence electrons. The molecule has 1 aliphatic rings. The molecule has 4 atom stereocenters. The highest BCUT2D eigenvalue weighted by Gasteiger charge is 2.36. The Kier molecular flexibility index (Phi) is 29.5. The smallest absolute Gasteiger partial charge is 0.407 e. The van der Waals surface area contributed by atoms with Crippen LogP contribution in [0.5, 0.6) is 0 Å². The lowest BCUT2D eigenvalue weighted by Crippen LogP contribution is -2.29. The molecule has 0 bridgehead atoms. The topological polar surface area (TPSA) is 195 Å². The Hall–Kier alpha value is -0.525. The summed E-state index contributed by atoms with van der Waals surface area (Å²) in [5.74, 6) is 6.86. The molecular weight excluding hydrogens is 740 g/mol. The highest BCUT2D eigenvalue weighted by molar-refractivity contribution is 8.77. The van der Waals surface area contributed by atoms with Crippen molar-refractivity contribution in [1.29, 1.82) is 0 Å². The van der Waals surface area contributed by atoms with E-state index >= 15 is 0 Å². The Morgan fingerprint density at radius 3 is 2.49 bits per heavy atom. The molecule has 5 N–H and O–H groups in total. The predicted molar refractivity (Wildman–Crippen MR) is 200 cm³/mol. The number of alkyl carbamates (subject to hydrolysis) is 2. The van der Waals surface area contributed by atoms with Crippen molar-refractivity contribution in [2.24, 2.45) is 5.73 Å². The maximum Gasteiger partial charge on any atom is 0.407 e. The summed E-state index contributed by atoms with van der Waals surface area (Å²) in [6, 6.07) is -0.195. The number of hydrogen-bond acceptors (Lipinski definition) is 16. The van der Waals surface area contributed by atoms with Crippen LogP contribution in [0.4, 0.5) is 9.59 Å². The minimum atomic E-state index is -3.05. The molecule has 2 amide bonds. The van der Waals surface area contributed by atoms with Crippen LogP contribution in [0.1, 0.15) is 39.5 Å². The summed E-state index contributed by atoms with van der Waals surface area (Å²) in [6.45, 7) is 8.08. The van der Waals surface area contributed by atoms with Crippen molar-refractivity contribution in [3.8, 4) is 11.7 Å². The van der Waals surface area contributed by atoms with Crippen molar-refractivity contribution in [2.45, 2.75) is 62.5 Å². The molecule has 49 heavy (non-hydrogen) atoms. The minimum absolute atomic E-state index is 0.0186. The standard InChI is InChI=1S/C28H53BN3O12PS4/c1-28(2,7-14-41-27(34)32-11-16-38-18-17-37-15-9-30)49-48-21-39-12-4-5-13-40-26(33)31-10-6-8-29-25-19-23(42-22-47-46-3)24(44-25)20-43-45(35)36/h23-25,29,45H,4-5,7,9-22,30H2,1-3H3,(H,31,33)(H,32,34)(H,35,36)/t23?,24-,25-/m1/s1. The first kappa shape index (κ1) is 46.5. The lowest BCUT2D eigenvalue weighted by atomic mass is 9.71. The van der Waals surface area contributed by atoms with Gasteiger partial charge < -0.3 is 58.9 Å². The van der Waals surface area contributed by atoms with Crippen LogP contribution >= 0.6 is 51.4 Å². The Labute approximate surface area is 307 Å². The fourth-order valence-corrected chi connectivity index (χ4v) is 7.21. The van der Waals surface area contributed by atoms with Crippen molar-refractivity contribution in [3.05, 3.63) is 0 Å². The van der Waals surface area contributed by atoms with Crippen LogP contribution in [-0.4, -0.2) is 138 Å². The normalized spacial score (nSPS) is 17.9. The summed E-state index contributed by atoms with van der Waals surface area (Å²) < 4.78 is 54.0. The third kappa shape index (κ3) is 27.8. The zero-order valence-corrected chi connectivity index (χ0v) is 32.9. The first-order valence-corrected chi connectivity index (χ1v) is 22.3. The first-order chi connectivity index (χ1) is 23.7. The maximum atomic E-state index is 11.9. The van der Waals surface area contributed by atoms with Gasteiger partial charge in [0.05, 0.1) is 58.9 Å². The van der Waals surface area contributed by atoms with Gasteiger partial charge in [-0.05, 0) is 45.8 Å². The molecule has 1 aliphatic heterocycles. The number of carbonyl (C=O) groups excluding carboxylic acids is 2. The monoisotopic (exact) mass is 793 g/mol. The number of nitrogens with one attached hydrogen (secondary N) is 2. The van der Waals surface area contributed by atoms with Crippen LogP contribution in [-0.2, 0) is 42.2 Å². The second kappa shape index (κ2) is 31.0. The molecule has 0 saturated carbocycles.